The van der Waals surface area contributed by atoms with Gasteiger partial charge in [-0.1, -0.05) is 0 Å². The van der Waals surface area contributed by atoms with Gasteiger partial charge in [0, 0.05) is 40.2 Å². The second kappa shape index (κ2) is 9.08. The van der Waals surface area contributed by atoms with Crippen molar-refractivity contribution in [1.82, 2.24) is 10.2 Å². The number of halogens is 1. The van der Waals surface area contributed by atoms with E-state index >= 15 is 0 Å². The zero-order valence-corrected chi connectivity index (χ0v) is 16.5. The molecule has 1 aromatic rings. The zero-order valence-electron chi connectivity index (χ0n) is 16.5. The molecule has 0 aliphatic carbocycles. The first-order valence-electron chi connectivity index (χ1n) is 9.43. The van der Waals surface area contributed by atoms with Gasteiger partial charge in [0.2, 0.25) is 11.8 Å². The predicted molar refractivity (Wildman–Crippen MR) is 103 cm³/mol. The van der Waals surface area contributed by atoms with Gasteiger partial charge < -0.3 is 24.6 Å². The van der Waals surface area contributed by atoms with Gasteiger partial charge in [0.05, 0.1) is 24.5 Å². The molecule has 0 aromatic heterocycles. The molecule has 9 nitrogen and oxygen atoms in total. The summed E-state index contributed by atoms with van der Waals surface area (Å²) in [4.78, 5) is 39.9. The summed E-state index contributed by atoms with van der Waals surface area (Å²) in [6, 6.07) is 4.61. The molecule has 2 fully saturated rings. The number of methoxy groups -OCH3 is 1. The molecular formula is C19H25FN4O5. The molecular weight excluding hydrogens is 383 g/mol. The molecule has 29 heavy (non-hydrogen) atoms. The molecule has 158 valence electrons. The molecule has 3 rings (SSSR count). The molecule has 0 spiro atoms. The van der Waals surface area contributed by atoms with Crippen LogP contribution in [0.2, 0.25) is 0 Å². The lowest BCUT2D eigenvalue weighted by Gasteiger charge is -2.36. The van der Waals surface area contributed by atoms with Crippen molar-refractivity contribution in [1.29, 1.82) is 0 Å². The number of carbonyl (C=O) groups is 3. The topological polar surface area (TPSA) is 91.4 Å². The van der Waals surface area contributed by atoms with Crippen LogP contribution in [0.25, 0.3) is 0 Å². The Balaban J connectivity index is 1.62. The Morgan fingerprint density at radius 2 is 2.00 bits per heavy atom. The lowest BCUT2D eigenvalue weighted by Crippen LogP contribution is -2.50. The third kappa shape index (κ3) is 4.94. The average molecular weight is 408 g/mol. The smallest absolute Gasteiger partial charge is 0.414 e. The standard InChI is InChI=1S/C19H25FN4O5/c1-13(25)21-10-15-11-24(19(27)29-15)14-3-4-17(16(20)9-14)22-5-7-23(8-6-22)18(26)12-28-2/h3-4,9,15H,5-8,10-12H2,1-2H3,(H,21,25)/t15-/m0/s1. The van der Waals surface area contributed by atoms with Gasteiger partial charge in [-0.15, -0.1) is 0 Å². The predicted octanol–water partition coefficient (Wildman–Crippen LogP) is 0.582. The third-order valence-corrected chi connectivity index (χ3v) is 4.94. The van der Waals surface area contributed by atoms with Crippen molar-refractivity contribution < 1.29 is 28.2 Å². The van der Waals surface area contributed by atoms with Crippen molar-refractivity contribution in [2.24, 2.45) is 0 Å². The lowest BCUT2D eigenvalue weighted by atomic mass is 10.2. The van der Waals surface area contributed by atoms with E-state index in [1.54, 1.807) is 17.0 Å². The summed E-state index contributed by atoms with van der Waals surface area (Å²) in [6.07, 6.45) is -1.05. The van der Waals surface area contributed by atoms with Crippen LogP contribution in [0.5, 0.6) is 0 Å². The van der Waals surface area contributed by atoms with Gasteiger partial charge >= 0.3 is 6.09 Å². The molecule has 10 heteroatoms. The van der Waals surface area contributed by atoms with Crippen molar-refractivity contribution in [3.8, 4) is 0 Å². The minimum atomic E-state index is -0.572. The first-order valence-corrected chi connectivity index (χ1v) is 9.43. The fourth-order valence-electron chi connectivity index (χ4n) is 3.43. The Kier molecular flexibility index (Phi) is 6.53. The van der Waals surface area contributed by atoms with E-state index in [1.807, 2.05) is 4.90 Å². The Labute approximate surface area is 168 Å². The third-order valence-electron chi connectivity index (χ3n) is 4.94. The highest BCUT2D eigenvalue weighted by Gasteiger charge is 2.33. The van der Waals surface area contributed by atoms with Gasteiger partial charge in [-0.2, -0.15) is 0 Å². The minimum Gasteiger partial charge on any atom is -0.442 e. The van der Waals surface area contributed by atoms with Crippen molar-refractivity contribution in [3.63, 3.8) is 0 Å². The van der Waals surface area contributed by atoms with Gasteiger partial charge in [-0.3, -0.25) is 14.5 Å². The molecule has 0 unspecified atom stereocenters. The summed E-state index contributed by atoms with van der Waals surface area (Å²) in [5.74, 6) is -0.736. The zero-order chi connectivity index (χ0) is 21.0. The number of cyclic esters (lactones) is 1. The normalized spacial score (nSPS) is 19.3. The number of piperazine rings is 1. The van der Waals surface area contributed by atoms with E-state index in [1.165, 1.54) is 25.0 Å². The number of carbonyl (C=O) groups excluding carboxylic acids is 3. The van der Waals surface area contributed by atoms with Gasteiger partial charge in [0.15, 0.2) is 0 Å². The molecule has 1 aromatic carbocycles. The van der Waals surface area contributed by atoms with E-state index in [-0.39, 0.29) is 31.5 Å². The fraction of sp³-hybridized carbons (Fsp3) is 0.526. The van der Waals surface area contributed by atoms with Gasteiger partial charge in [-0.25, -0.2) is 9.18 Å². The Morgan fingerprint density at radius 3 is 2.62 bits per heavy atom. The molecule has 2 aliphatic rings. The number of hydrogen-bond acceptors (Lipinski definition) is 6. The highest BCUT2D eigenvalue weighted by molar-refractivity contribution is 5.90. The Bertz CT molecular complexity index is 782. The number of hydrogen-bond donors (Lipinski definition) is 1. The average Bonchev–Trinajstić information content (AvgIpc) is 3.07. The Morgan fingerprint density at radius 1 is 1.28 bits per heavy atom. The number of nitrogens with zero attached hydrogens (tertiary/aromatic N) is 3. The summed E-state index contributed by atoms with van der Waals surface area (Å²) in [6.45, 7) is 3.88. The monoisotopic (exact) mass is 408 g/mol. The summed E-state index contributed by atoms with van der Waals surface area (Å²) >= 11 is 0. The maximum Gasteiger partial charge on any atom is 0.414 e. The van der Waals surface area contributed by atoms with Crippen molar-refractivity contribution >= 4 is 29.3 Å². The summed E-state index contributed by atoms with van der Waals surface area (Å²) < 4.78 is 24.8. The van der Waals surface area contributed by atoms with Crippen LogP contribution in [-0.4, -0.2) is 81.9 Å². The van der Waals surface area contributed by atoms with E-state index in [9.17, 15) is 18.8 Å². The van der Waals surface area contributed by atoms with Crippen molar-refractivity contribution in [2.75, 3.05) is 62.8 Å². The van der Waals surface area contributed by atoms with Crippen LogP contribution in [0.15, 0.2) is 18.2 Å². The number of amides is 3. The SMILES string of the molecule is COCC(=O)N1CCN(c2ccc(N3C[C@H](CNC(C)=O)OC3=O)cc2F)CC1. The van der Waals surface area contributed by atoms with Crippen LogP contribution in [0.3, 0.4) is 0 Å². The van der Waals surface area contributed by atoms with Gasteiger partial charge in [-0.05, 0) is 18.2 Å². The number of rotatable bonds is 6. The molecule has 2 heterocycles. The first-order chi connectivity index (χ1) is 13.9. The maximum atomic E-state index is 14.8. The fourth-order valence-corrected chi connectivity index (χ4v) is 3.43. The summed E-state index contributed by atoms with van der Waals surface area (Å²) in [5.41, 5.74) is 0.824. The first kappa shape index (κ1) is 20.8. The highest BCUT2D eigenvalue weighted by Crippen LogP contribution is 2.28. The molecule has 1 N–H and O–H groups in total. The van der Waals surface area contributed by atoms with Crippen molar-refractivity contribution in [3.05, 3.63) is 24.0 Å². The number of benzene rings is 1. The molecule has 2 aliphatic heterocycles. The van der Waals surface area contributed by atoms with Crippen LogP contribution in [0.4, 0.5) is 20.6 Å². The van der Waals surface area contributed by atoms with Crippen LogP contribution in [-0.2, 0) is 19.1 Å². The summed E-state index contributed by atoms with van der Waals surface area (Å²) in [7, 11) is 1.48. The number of nitrogens with one attached hydrogen (secondary N) is 1. The van der Waals surface area contributed by atoms with E-state index in [2.05, 4.69) is 5.32 Å². The van der Waals surface area contributed by atoms with E-state index in [4.69, 9.17) is 9.47 Å². The van der Waals surface area contributed by atoms with Crippen molar-refractivity contribution in [2.45, 2.75) is 13.0 Å². The molecule has 0 bridgehead atoms. The molecule has 3 amide bonds. The second-order valence-electron chi connectivity index (χ2n) is 6.99. The minimum absolute atomic E-state index is 0.0396. The second-order valence-corrected chi connectivity index (χ2v) is 6.99. The molecule has 2 saturated heterocycles. The van der Waals surface area contributed by atoms with Crippen LogP contribution in [0, 0.1) is 5.82 Å². The number of anilines is 2. The maximum absolute atomic E-state index is 14.8. The lowest BCUT2D eigenvalue weighted by molar-refractivity contribution is -0.135. The highest BCUT2D eigenvalue weighted by atomic mass is 19.1. The quantitative estimate of drug-likeness (QED) is 0.741. The van der Waals surface area contributed by atoms with E-state index < -0.39 is 18.0 Å². The Hall–Kier alpha value is -2.88. The number of ether oxygens (including phenoxy) is 2. The van der Waals surface area contributed by atoms with Crippen LogP contribution in [0.1, 0.15) is 6.92 Å². The molecule has 0 radical (unpaired) electrons. The molecule has 1 atom stereocenters. The van der Waals surface area contributed by atoms with Crippen LogP contribution < -0.4 is 15.1 Å². The van der Waals surface area contributed by atoms with E-state index in [0.29, 0.717) is 37.6 Å². The van der Waals surface area contributed by atoms with E-state index in [0.717, 1.165) is 0 Å². The van der Waals surface area contributed by atoms with Crippen LogP contribution >= 0.6 is 0 Å². The van der Waals surface area contributed by atoms with Gasteiger partial charge in [0.1, 0.15) is 18.5 Å². The largest absolute Gasteiger partial charge is 0.442 e. The summed E-state index contributed by atoms with van der Waals surface area (Å²) in [5, 5.41) is 2.60. The van der Waals surface area contributed by atoms with Gasteiger partial charge in [0.25, 0.3) is 0 Å². The molecule has 0 saturated carbocycles.